The smallest absolute Gasteiger partial charge is 0.136 e. The first kappa shape index (κ1) is 13.8. The molecule has 0 unspecified atom stereocenters. The molecule has 9 aromatic carbocycles. The van der Waals surface area contributed by atoms with Gasteiger partial charge in [-0.1, -0.05) is 158 Å². The second-order valence-electron chi connectivity index (χ2n) is 13.1. The predicted molar refractivity (Wildman–Crippen MR) is 225 cm³/mol. The first-order valence-electron chi connectivity index (χ1n) is 29.9. The molecule has 1 aromatic heterocycles. The van der Waals surface area contributed by atoms with Gasteiger partial charge in [0.05, 0.1) is 37.0 Å². The Balaban J connectivity index is 1.34. The van der Waals surface area contributed by atoms with Crippen LogP contribution in [0, 0.1) is 6.92 Å². The molecule has 0 N–H and O–H groups in total. The van der Waals surface area contributed by atoms with E-state index < -0.39 is 239 Å². The highest BCUT2D eigenvalue weighted by molar-refractivity contribution is 6.22. The van der Waals surface area contributed by atoms with Crippen LogP contribution in [-0.2, 0) is 5.41 Å². The van der Waals surface area contributed by atoms with Crippen LogP contribution in [0.3, 0.4) is 0 Å². The third-order valence-electron chi connectivity index (χ3n) is 9.70. The molecule has 0 saturated heterocycles. The van der Waals surface area contributed by atoms with Gasteiger partial charge < -0.3 is 4.42 Å². The minimum Gasteiger partial charge on any atom is -0.456 e. The van der Waals surface area contributed by atoms with E-state index in [1.54, 1.807) is 0 Å². The van der Waals surface area contributed by atoms with Gasteiger partial charge in [0.1, 0.15) is 11.2 Å². The van der Waals surface area contributed by atoms with Gasteiger partial charge in [0.25, 0.3) is 0 Å². The molecule has 0 atom stereocenters. The highest BCUT2D eigenvalue weighted by atomic mass is 16.3. The van der Waals surface area contributed by atoms with Gasteiger partial charge in [0.2, 0.25) is 0 Å². The summed E-state index contributed by atoms with van der Waals surface area (Å²) in [4.78, 5) is 0. The molecule has 0 radical (unpaired) electrons. The Kier molecular flexibility index (Phi) is 2.88. The van der Waals surface area contributed by atoms with Crippen LogP contribution in [0.2, 0.25) is 0 Å². The highest BCUT2D eigenvalue weighted by Gasteiger charge is 2.37. The SMILES string of the molecule is [2H]c1c([2H])c([2H])c2c(c1[2H])-c1c([2H])c([2H])c([2H])c(-c3c([2H])c([2H])c(-c4c5c([2H])c([2H])c([2H])c([2H])c5c(-c5c([2H])c([2H])c6oc7c([2H])c8c([2H])c(C)c([2H])c([2H])c8c([2H])c7c6c5[2H])c5c([2H])c([2H])c([2H])c([2H])c45)c([2H])c3[2H])c1C2(C)C. The average Bonchev–Trinajstić information content (AvgIpc) is 3.42. The largest absolute Gasteiger partial charge is 0.456 e. The normalized spacial score (nSPS) is 20.5. The van der Waals surface area contributed by atoms with Crippen molar-refractivity contribution in [2.24, 2.45) is 0 Å². The lowest BCUT2D eigenvalue weighted by atomic mass is 9.78. The van der Waals surface area contributed by atoms with Gasteiger partial charge in [-0.15, -0.1) is 0 Å². The first-order valence-corrected chi connectivity index (χ1v) is 16.4. The van der Waals surface area contributed by atoms with E-state index >= 15 is 0 Å². The van der Waals surface area contributed by atoms with Gasteiger partial charge in [-0.25, -0.2) is 0 Å². The van der Waals surface area contributed by atoms with Crippen molar-refractivity contribution in [1.82, 2.24) is 0 Å². The van der Waals surface area contributed by atoms with Crippen LogP contribution in [0.5, 0.6) is 0 Å². The average molecular weight is 704 g/mol. The Morgan fingerprint density at radius 1 is 0.434 bits per heavy atom. The van der Waals surface area contributed by atoms with E-state index in [9.17, 15) is 17.8 Å². The maximum Gasteiger partial charge on any atom is 0.136 e. The van der Waals surface area contributed by atoms with Crippen LogP contribution in [0.4, 0.5) is 0 Å². The van der Waals surface area contributed by atoms with Crippen molar-refractivity contribution < 1.29 is 41.4 Å². The fourth-order valence-corrected chi connectivity index (χ4v) is 7.36. The number of hydrogen-bond acceptors (Lipinski definition) is 1. The molecule has 0 aliphatic heterocycles. The Morgan fingerprint density at radius 3 is 1.75 bits per heavy atom. The Morgan fingerprint density at radius 2 is 1.02 bits per heavy atom. The third-order valence-corrected chi connectivity index (χ3v) is 9.70. The van der Waals surface area contributed by atoms with Crippen molar-refractivity contribution in [3.8, 4) is 44.5 Å². The Hall–Kier alpha value is -6.44. The van der Waals surface area contributed by atoms with Crippen molar-refractivity contribution in [3.63, 3.8) is 0 Å². The molecule has 0 saturated carbocycles. The zero-order chi connectivity index (χ0) is 58.9. The van der Waals surface area contributed by atoms with Gasteiger partial charge in [-0.05, 0) is 119 Å². The van der Waals surface area contributed by atoms with E-state index in [1.165, 1.54) is 20.8 Å². The lowest BCUT2D eigenvalue weighted by Gasteiger charge is -2.24. The molecular weight excluding hydrogens is 641 g/mol. The fourth-order valence-electron chi connectivity index (χ4n) is 7.36. The van der Waals surface area contributed by atoms with E-state index in [0.717, 1.165) is 0 Å². The summed E-state index contributed by atoms with van der Waals surface area (Å²) in [5, 5.41) is -4.30. The summed E-state index contributed by atoms with van der Waals surface area (Å²) in [5.41, 5.74) is -7.15. The number of rotatable bonds is 3. The van der Waals surface area contributed by atoms with Crippen molar-refractivity contribution in [2.45, 2.75) is 26.2 Å². The van der Waals surface area contributed by atoms with Crippen LogP contribution in [0.15, 0.2) is 168 Å². The van der Waals surface area contributed by atoms with E-state index in [0.29, 0.717) is 0 Å². The zero-order valence-corrected chi connectivity index (χ0v) is 27.9. The second-order valence-corrected chi connectivity index (χ2v) is 13.1. The van der Waals surface area contributed by atoms with Crippen molar-refractivity contribution in [1.29, 1.82) is 0 Å². The lowest BCUT2D eigenvalue weighted by molar-refractivity contribution is 0.662. The minimum atomic E-state index is -1.57. The summed E-state index contributed by atoms with van der Waals surface area (Å²) in [6.45, 7) is 4.39. The van der Waals surface area contributed by atoms with Gasteiger partial charge >= 0.3 is 0 Å². The molecule has 53 heavy (non-hydrogen) atoms. The van der Waals surface area contributed by atoms with Crippen LogP contribution >= 0.6 is 0 Å². The minimum absolute atomic E-state index is 0.00813. The van der Waals surface area contributed by atoms with Gasteiger partial charge in [-0.2, -0.15) is 0 Å². The topological polar surface area (TPSA) is 13.1 Å². The summed E-state index contributed by atoms with van der Waals surface area (Å²) in [5.74, 6) is 0. The predicted octanol–water partition coefficient (Wildman–Crippen LogP) is 14.7. The molecule has 1 heteroatoms. The van der Waals surface area contributed by atoms with Crippen LogP contribution in [0.25, 0.3) is 98.8 Å². The van der Waals surface area contributed by atoms with Crippen molar-refractivity contribution in [3.05, 3.63) is 180 Å². The zero-order valence-electron chi connectivity index (χ0n) is 54.9. The summed E-state index contributed by atoms with van der Waals surface area (Å²) < 4.78 is 254. The maximum atomic E-state index is 9.91. The molecule has 1 heterocycles. The van der Waals surface area contributed by atoms with Gasteiger partial charge in [-0.3, -0.25) is 0 Å². The summed E-state index contributed by atoms with van der Waals surface area (Å²) in [6, 6.07) is -21.5. The number of benzene rings is 9. The van der Waals surface area contributed by atoms with E-state index in [4.69, 9.17) is 23.6 Å². The second kappa shape index (κ2) is 11.0. The number of furan rings is 1. The van der Waals surface area contributed by atoms with Crippen molar-refractivity contribution >= 4 is 54.3 Å². The van der Waals surface area contributed by atoms with E-state index in [-0.39, 0.29) is 44.6 Å². The fraction of sp³-hybridized carbons (Fsp3) is 0.0769. The van der Waals surface area contributed by atoms with Crippen molar-refractivity contribution in [2.75, 3.05) is 0 Å². The molecule has 250 valence electrons. The van der Waals surface area contributed by atoms with Gasteiger partial charge in [0, 0.05) is 16.2 Å². The molecule has 1 nitrogen and oxygen atoms in total. The molecule has 0 amide bonds. The van der Waals surface area contributed by atoms with Gasteiger partial charge in [0.15, 0.2) is 0 Å². The summed E-state index contributed by atoms with van der Waals surface area (Å²) in [6.07, 6.45) is 0. The quantitative estimate of drug-likeness (QED) is 0.167. The first-order chi connectivity index (χ1) is 37.2. The van der Waals surface area contributed by atoms with Crippen LogP contribution < -0.4 is 0 Å². The molecule has 1 aliphatic rings. The Bertz CT molecular complexity index is 4600. The standard InChI is InChI=1S/C52H36O/c1-31-19-20-34-28-45-44-29-35(25-26-47(44)53-48(45)30-36(34)27-31)50-41-14-6-4-12-39(41)49(40-13-5-7-15-42(40)50)33-23-21-32(22-24-33)37-16-10-17-43-38-11-8-9-18-46(38)52(2,3)51(37)43/h4-30H,1-3H3/i4D,5D,6D,7D,8D,9D,10D,11D,12D,13D,14D,15D,16D,17D,18D,19D,20D,21D,22D,23D,24D,25D,26D,27D,28D,29D,30D. The molecule has 1 aliphatic carbocycles. The molecule has 0 spiro atoms. The van der Waals surface area contributed by atoms with E-state index in [1.807, 2.05) is 0 Å². The number of fused-ring (bicyclic) bond motifs is 9. The number of hydrogen-bond donors (Lipinski definition) is 0. The summed E-state index contributed by atoms with van der Waals surface area (Å²) in [7, 11) is 0. The molecule has 0 fully saturated rings. The Labute approximate surface area is 346 Å². The van der Waals surface area contributed by atoms with Crippen LogP contribution in [-0.4, -0.2) is 0 Å². The molecule has 11 rings (SSSR count). The van der Waals surface area contributed by atoms with Crippen LogP contribution in [0.1, 0.15) is 67.5 Å². The molecule has 0 bridgehead atoms. The monoisotopic (exact) mass is 703 g/mol. The highest BCUT2D eigenvalue weighted by Crippen LogP contribution is 2.52. The molecular formula is C52H36O. The lowest BCUT2D eigenvalue weighted by Crippen LogP contribution is -2.16. The molecule has 10 aromatic rings. The summed E-state index contributed by atoms with van der Waals surface area (Å²) >= 11 is 0. The van der Waals surface area contributed by atoms with E-state index in [2.05, 4.69) is 0 Å². The maximum absolute atomic E-state index is 9.91. The third kappa shape index (κ3) is 4.38.